The van der Waals surface area contributed by atoms with E-state index in [9.17, 15) is 4.79 Å². The van der Waals surface area contributed by atoms with E-state index in [-0.39, 0.29) is 17.5 Å². The summed E-state index contributed by atoms with van der Waals surface area (Å²) >= 11 is 0. The predicted molar refractivity (Wildman–Crippen MR) is 107 cm³/mol. The molecule has 1 amide bonds. The van der Waals surface area contributed by atoms with E-state index in [0.29, 0.717) is 0 Å². The van der Waals surface area contributed by atoms with E-state index in [1.165, 1.54) is 24.0 Å². The summed E-state index contributed by atoms with van der Waals surface area (Å²) in [4.78, 5) is 15.5. The average molecular weight is 351 g/mol. The zero-order valence-electron chi connectivity index (χ0n) is 16.4. The van der Waals surface area contributed by atoms with E-state index in [4.69, 9.17) is 0 Å². The van der Waals surface area contributed by atoms with E-state index in [2.05, 4.69) is 61.6 Å². The fraction of sp³-hybridized carbons (Fsp3) is 0.435. The first kappa shape index (κ1) is 18.7. The van der Waals surface area contributed by atoms with Crippen LogP contribution in [-0.4, -0.2) is 30.4 Å². The molecule has 0 bridgehead atoms. The van der Waals surface area contributed by atoms with Crippen LogP contribution in [0.25, 0.3) is 0 Å². The Morgan fingerprint density at radius 3 is 2.27 bits per heavy atom. The van der Waals surface area contributed by atoms with Gasteiger partial charge >= 0.3 is 0 Å². The van der Waals surface area contributed by atoms with Gasteiger partial charge in [0.2, 0.25) is 0 Å². The van der Waals surface area contributed by atoms with Crippen LogP contribution < -0.4 is 5.32 Å². The third-order valence-corrected chi connectivity index (χ3v) is 5.93. The fourth-order valence-corrected chi connectivity index (χ4v) is 4.43. The summed E-state index contributed by atoms with van der Waals surface area (Å²) in [7, 11) is 4.29. The molecule has 1 aliphatic carbocycles. The Hall–Kier alpha value is -2.13. The van der Waals surface area contributed by atoms with Gasteiger partial charge in [0.05, 0.1) is 6.04 Å². The number of carbonyl (C=O) groups is 1. The van der Waals surface area contributed by atoms with Crippen molar-refractivity contribution in [3.63, 3.8) is 0 Å². The second-order valence-electron chi connectivity index (χ2n) is 7.84. The number of amides is 1. The van der Waals surface area contributed by atoms with E-state index in [0.717, 1.165) is 24.0 Å². The number of likely N-dealkylation sites (N-methyl/N-ethyl adjacent to an activating group) is 1. The van der Waals surface area contributed by atoms with Gasteiger partial charge in [-0.05, 0) is 58.0 Å². The molecule has 0 heterocycles. The molecule has 3 nitrogen and oxygen atoms in total. The zero-order chi connectivity index (χ0) is 18.7. The maximum Gasteiger partial charge on any atom is 0.252 e. The average Bonchev–Trinajstić information content (AvgIpc) is 3.11. The van der Waals surface area contributed by atoms with Gasteiger partial charge in [0.1, 0.15) is 0 Å². The normalized spacial score (nSPS) is 17.3. The second-order valence-corrected chi connectivity index (χ2v) is 7.84. The Morgan fingerprint density at radius 2 is 1.69 bits per heavy atom. The van der Waals surface area contributed by atoms with Gasteiger partial charge in [-0.25, -0.2) is 0 Å². The molecule has 0 radical (unpaired) electrons. The lowest BCUT2D eigenvalue weighted by molar-refractivity contribution is 0.0766. The first-order valence-electron chi connectivity index (χ1n) is 9.54. The van der Waals surface area contributed by atoms with Gasteiger partial charge in [0.15, 0.2) is 0 Å². The number of hydrogen-bond acceptors (Lipinski definition) is 2. The molecule has 2 aromatic carbocycles. The maximum atomic E-state index is 13.2. The zero-order valence-corrected chi connectivity index (χ0v) is 16.4. The van der Waals surface area contributed by atoms with Crippen molar-refractivity contribution in [2.75, 3.05) is 14.1 Å². The van der Waals surface area contributed by atoms with Crippen molar-refractivity contribution in [3.05, 3.63) is 70.8 Å². The van der Waals surface area contributed by atoms with Gasteiger partial charge in [-0.1, -0.05) is 60.9 Å². The van der Waals surface area contributed by atoms with Gasteiger partial charge in [-0.2, -0.15) is 0 Å². The maximum absolute atomic E-state index is 13.2. The molecule has 26 heavy (non-hydrogen) atoms. The standard InChI is InChI=1S/C23H30N2O/c1-17-12-13-20(18(2)16-17)22(26)24-21(19-10-6-5-7-11-19)23(25(3)4)14-8-9-15-23/h5-7,10-13,16,21H,8-9,14-15H2,1-4H3,(H,24,26). The minimum Gasteiger partial charge on any atom is -0.343 e. The molecule has 1 unspecified atom stereocenters. The largest absolute Gasteiger partial charge is 0.343 e. The summed E-state index contributed by atoms with van der Waals surface area (Å²) in [5.41, 5.74) is 4.12. The van der Waals surface area contributed by atoms with Crippen molar-refractivity contribution >= 4 is 5.91 Å². The van der Waals surface area contributed by atoms with Crippen LogP contribution in [0.4, 0.5) is 0 Å². The van der Waals surface area contributed by atoms with Crippen LogP contribution in [0.1, 0.15) is 58.8 Å². The quantitative estimate of drug-likeness (QED) is 0.851. The highest BCUT2D eigenvalue weighted by Gasteiger charge is 2.44. The molecule has 3 heteroatoms. The van der Waals surface area contributed by atoms with Crippen molar-refractivity contribution < 1.29 is 4.79 Å². The first-order chi connectivity index (χ1) is 12.4. The van der Waals surface area contributed by atoms with Crippen molar-refractivity contribution in [3.8, 4) is 0 Å². The van der Waals surface area contributed by atoms with E-state index < -0.39 is 0 Å². The molecule has 2 aromatic rings. The fourth-order valence-electron chi connectivity index (χ4n) is 4.43. The number of nitrogens with zero attached hydrogens (tertiary/aromatic N) is 1. The monoisotopic (exact) mass is 350 g/mol. The summed E-state index contributed by atoms with van der Waals surface area (Å²) in [6.45, 7) is 4.07. The smallest absolute Gasteiger partial charge is 0.252 e. The summed E-state index contributed by atoms with van der Waals surface area (Å²) < 4.78 is 0. The molecule has 1 saturated carbocycles. The SMILES string of the molecule is Cc1ccc(C(=O)NC(c2ccccc2)C2(N(C)C)CCCC2)c(C)c1. The van der Waals surface area contributed by atoms with Crippen LogP contribution in [0, 0.1) is 13.8 Å². The van der Waals surface area contributed by atoms with Crippen molar-refractivity contribution in [1.82, 2.24) is 10.2 Å². The van der Waals surface area contributed by atoms with Crippen LogP contribution >= 0.6 is 0 Å². The van der Waals surface area contributed by atoms with Gasteiger partial charge in [0, 0.05) is 11.1 Å². The number of aryl methyl sites for hydroxylation is 2. The molecule has 1 N–H and O–H groups in total. The number of carbonyl (C=O) groups excluding carboxylic acids is 1. The van der Waals surface area contributed by atoms with E-state index in [1.807, 2.05) is 25.1 Å². The molecule has 0 saturated heterocycles. The van der Waals surface area contributed by atoms with Crippen molar-refractivity contribution in [2.45, 2.75) is 51.1 Å². The van der Waals surface area contributed by atoms with Crippen molar-refractivity contribution in [2.24, 2.45) is 0 Å². The third-order valence-electron chi connectivity index (χ3n) is 5.93. The number of benzene rings is 2. The second kappa shape index (κ2) is 7.63. The number of nitrogens with one attached hydrogen (secondary N) is 1. The summed E-state index contributed by atoms with van der Waals surface area (Å²) in [5.74, 6) is 0.0180. The summed E-state index contributed by atoms with van der Waals surface area (Å²) in [6, 6.07) is 16.4. The first-order valence-corrected chi connectivity index (χ1v) is 9.54. The highest BCUT2D eigenvalue weighted by atomic mass is 16.1. The highest BCUT2D eigenvalue weighted by Crippen LogP contribution is 2.43. The van der Waals surface area contributed by atoms with Gasteiger partial charge in [0.25, 0.3) is 5.91 Å². The van der Waals surface area contributed by atoms with Gasteiger partial charge in [-0.15, -0.1) is 0 Å². The minimum absolute atomic E-state index is 0.0180. The van der Waals surface area contributed by atoms with Crippen LogP contribution in [0.5, 0.6) is 0 Å². The molecular weight excluding hydrogens is 320 g/mol. The Labute approximate surface area is 157 Å². The summed E-state index contributed by atoms with van der Waals surface area (Å²) in [5, 5.41) is 3.39. The molecule has 1 fully saturated rings. The van der Waals surface area contributed by atoms with Crippen LogP contribution in [0.15, 0.2) is 48.5 Å². The number of rotatable bonds is 5. The lowest BCUT2D eigenvalue weighted by Crippen LogP contribution is -2.53. The molecular formula is C23H30N2O. The molecule has 1 aliphatic rings. The molecule has 0 spiro atoms. The minimum atomic E-state index is -0.0321. The highest BCUT2D eigenvalue weighted by molar-refractivity contribution is 5.96. The van der Waals surface area contributed by atoms with Crippen molar-refractivity contribution in [1.29, 1.82) is 0 Å². The van der Waals surface area contributed by atoms with Gasteiger partial charge in [-0.3, -0.25) is 4.79 Å². The number of hydrogen-bond donors (Lipinski definition) is 1. The predicted octanol–water partition coefficient (Wildman–Crippen LogP) is 4.65. The van der Waals surface area contributed by atoms with Crippen LogP contribution in [-0.2, 0) is 0 Å². The van der Waals surface area contributed by atoms with E-state index in [1.54, 1.807) is 0 Å². The Morgan fingerprint density at radius 1 is 1.04 bits per heavy atom. The lowest BCUT2D eigenvalue weighted by atomic mass is 9.82. The molecule has 0 aliphatic heterocycles. The Balaban J connectivity index is 1.97. The lowest BCUT2D eigenvalue weighted by Gasteiger charge is -2.44. The van der Waals surface area contributed by atoms with Crippen LogP contribution in [0.3, 0.4) is 0 Å². The van der Waals surface area contributed by atoms with E-state index >= 15 is 0 Å². The van der Waals surface area contributed by atoms with Gasteiger partial charge < -0.3 is 10.2 Å². The molecule has 138 valence electrons. The molecule has 1 atom stereocenters. The topological polar surface area (TPSA) is 32.3 Å². The Kier molecular flexibility index (Phi) is 5.47. The van der Waals surface area contributed by atoms with Crippen LogP contribution in [0.2, 0.25) is 0 Å². The molecule has 0 aromatic heterocycles. The third kappa shape index (κ3) is 3.54. The summed E-state index contributed by atoms with van der Waals surface area (Å²) in [6.07, 6.45) is 4.63. The molecule has 3 rings (SSSR count). The Bertz CT molecular complexity index is 761.